The van der Waals surface area contributed by atoms with Gasteiger partial charge < -0.3 is 4.90 Å². The van der Waals surface area contributed by atoms with Crippen molar-refractivity contribution in [2.24, 2.45) is 5.92 Å². The number of amides is 1. The first kappa shape index (κ1) is 14.4. The predicted molar refractivity (Wildman–Crippen MR) is 72.0 cm³/mol. The fourth-order valence-corrected chi connectivity index (χ4v) is 2.51. The molecule has 1 aromatic rings. The average molecular weight is 280 g/mol. The third kappa shape index (κ3) is 2.95. The zero-order chi connectivity index (χ0) is 14.7. The number of hydrogen-bond acceptors (Lipinski definition) is 3. The first-order valence-electron chi connectivity index (χ1n) is 6.76. The Morgan fingerprint density at radius 1 is 1.45 bits per heavy atom. The number of carbonyl (C=O) groups excluding carboxylic acids is 1. The third-order valence-corrected chi connectivity index (χ3v) is 3.87. The minimum Gasteiger partial charge on any atom is -0.339 e. The van der Waals surface area contributed by atoms with Crippen LogP contribution in [0, 0.1) is 21.8 Å². The van der Waals surface area contributed by atoms with Crippen LogP contribution in [-0.4, -0.2) is 28.8 Å². The highest BCUT2D eigenvalue weighted by molar-refractivity contribution is 5.94. The second kappa shape index (κ2) is 5.98. The van der Waals surface area contributed by atoms with Gasteiger partial charge in [0, 0.05) is 24.7 Å². The fourth-order valence-electron chi connectivity index (χ4n) is 2.51. The maximum Gasteiger partial charge on any atom is 0.304 e. The number of piperidine rings is 1. The first-order valence-corrected chi connectivity index (χ1v) is 6.76. The smallest absolute Gasteiger partial charge is 0.304 e. The lowest BCUT2D eigenvalue weighted by Crippen LogP contribution is -2.38. The van der Waals surface area contributed by atoms with Gasteiger partial charge in [-0.1, -0.05) is 13.3 Å². The van der Waals surface area contributed by atoms with Gasteiger partial charge in [-0.15, -0.1) is 0 Å². The number of carbonyl (C=O) groups is 1. The van der Waals surface area contributed by atoms with Crippen LogP contribution in [0.1, 0.15) is 36.5 Å². The van der Waals surface area contributed by atoms with Crippen LogP contribution in [0.5, 0.6) is 0 Å². The monoisotopic (exact) mass is 280 g/mol. The van der Waals surface area contributed by atoms with E-state index in [0.717, 1.165) is 31.4 Å². The summed E-state index contributed by atoms with van der Waals surface area (Å²) in [6, 6.07) is 3.31. The van der Waals surface area contributed by atoms with Crippen molar-refractivity contribution in [2.75, 3.05) is 13.1 Å². The summed E-state index contributed by atoms with van der Waals surface area (Å²) in [4.78, 5) is 23.7. The second-order valence-electron chi connectivity index (χ2n) is 5.07. The number of nitrogens with zero attached hydrogens (tertiary/aromatic N) is 2. The SMILES string of the molecule is CCC1CCN(C(=O)c2ccc([N+](=O)[O-])c(F)c2)CC1. The molecule has 1 aromatic carbocycles. The highest BCUT2D eigenvalue weighted by atomic mass is 19.1. The van der Waals surface area contributed by atoms with Crippen LogP contribution < -0.4 is 0 Å². The Bertz CT molecular complexity index is 525. The van der Waals surface area contributed by atoms with Crippen molar-refractivity contribution < 1.29 is 14.1 Å². The lowest BCUT2D eigenvalue weighted by Gasteiger charge is -2.31. The molecule has 108 valence electrons. The molecule has 6 heteroatoms. The van der Waals surface area contributed by atoms with Crippen molar-refractivity contribution in [3.05, 3.63) is 39.7 Å². The molecule has 0 atom stereocenters. The Kier molecular flexibility index (Phi) is 4.32. The zero-order valence-electron chi connectivity index (χ0n) is 11.3. The Balaban J connectivity index is 2.10. The number of rotatable bonds is 3. The number of hydrogen-bond donors (Lipinski definition) is 0. The molecular formula is C14H17FN2O3. The molecule has 1 fully saturated rings. The molecule has 0 N–H and O–H groups in total. The van der Waals surface area contributed by atoms with Crippen molar-refractivity contribution in [3.63, 3.8) is 0 Å². The van der Waals surface area contributed by atoms with E-state index in [2.05, 4.69) is 6.92 Å². The summed E-state index contributed by atoms with van der Waals surface area (Å²) in [6.07, 6.45) is 3.02. The molecule has 1 aliphatic heterocycles. The Labute approximate surface area is 116 Å². The number of nitro benzene ring substituents is 1. The van der Waals surface area contributed by atoms with Crippen molar-refractivity contribution in [2.45, 2.75) is 26.2 Å². The molecule has 0 spiro atoms. The average Bonchev–Trinajstić information content (AvgIpc) is 2.46. The van der Waals surface area contributed by atoms with Gasteiger partial charge in [-0.3, -0.25) is 14.9 Å². The fraction of sp³-hybridized carbons (Fsp3) is 0.500. The summed E-state index contributed by atoms with van der Waals surface area (Å²) in [5.74, 6) is -0.578. The van der Waals surface area contributed by atoms with Gasteiger partial charge in [0.15, 0.2) is 0 Å². The van der Waals surface area contributed by atoms with E-state index < -0.39 is 16.4 Å². The molecule has 5 nitrogen and oxygen atoms in total. The van der Waals surface area contributed by atoms with Gasteiger partial charge in [-0.05, 0) is 30.9 Å². The number of benzene rings is 1. The molecule has 1 amide bonds. The largest absolute Gasteiger partial charge is 0.339 e. The molecular weight excluding hydrogens is 263 g/mol. The molecule has 0 unspecified atom stereocenters. The summed E-state index contributed by atoms with van der Waals surface area (Å²) in [5.41, 5.74) is -0.436. The van der Waals surface area contributed by atoms with Gasteiger partial charge in [0.25, 0.3) is 5.91 Å². The molecule has 0 aromatic heterocycles. The summed E-state index contributed by atoms with van der Waals surface area (Å²) in [6.45, 7) is 3.46. The summed E-state index contributed by atoms with van der Waals surface area (Å²) in [5, 5.41) is 10.5. The number of halogens is 1. The van der Waals surface area contributed by atoms with E-state index in [4.69, 9.17) is 0 Å². The minimum atomic E-state index is -0.968. The molecule has 1 heterocycles. The van der Waals surface area contributed by atoms with E-state index in [1.807, 2.05) is 0 Å². The van der Waals surface area contributed by atoms with E-state index in [0.29, 0.717) is 19.0 Å². The van der Waals surface area contributed by atoms with Crippen LogP contribution >= 0.6 is 0 Å². The van der Waals surface area contributed by atoms with Crippen LogP contribution in [0.15, 0.2) is 18.2 Å². The van der Waals surface area contributed by atoms with Crippen LogP contribution in [0.4, 0.5) is 10.1 Å². The van der Waals surface area contributed by atoms with Gasteiger partial charge in [0.2, 0.25) is 5.82 Å². The first-order chi connectivity index (χ1) is 9.52. The van der Waals surface area contributed by atoms with Gasteiger partial charge in [0.1, 0.15) is 0 Å². The summed E-state index contributed by atoms with van der Waals surface area (Å²) < 4.78 is 13.5. The molecule has 0 aliphatic carbocycles. The van der Waals surface area contributed by atoms with E-state index in [-0.39, 0.29) is 11.5 Å². The van der Waals surface area contributed by atoms with Crippen LogP contribution in [0.25, 0.3) is 0 Å². The molecule has 2 rings (SSSR count). The van der Waals surface area contributed by atoms with Crippen LogP contribution in [-0.2, 0) is 0 Å². The molecule has 0 saturated carbocycles. The molecule has 0 radical (unpaired) electrons. The number of nitro groups is 1. The minimum absolute atomic E-state index is 0.169. The predicted octanol–water partition coefficient (Wildman–Crippen LogP) is 3.00. The summed E-state index contributed by atoms with van der Waals surface area (Å²) >= 11 is 0. The maximum atomic E-state index is 13.5. The Morgan fingerprint density at radius 2 is 2.10 bits per heavy atom. The van der Waals surface area contributed by atoms with E-state index >= 15 is 0 Å². The van der Waals surface area contributed by atoms with Crippen molar-refractivity contribution in [3.8, 4) is 0 Å². The molecule has 1 saturated heterocycles. The Morgan fingerprint density at radius 3 is 2.60 bits per heavy atom. The lowest BCUT2D eigenvalue weighted by atomic mass is 9.94. The maximum absolute atomic E-state index is 13.5. The van der Waals surface area contributed by atoms with Gasteiger partial charge in [-0.2, -0.15) is 4.39 Å². The van der Waals surface area contributed by atoms with Gasteiger partial charge >= 0.3 is 5.69 Å². The molecule has 0 bridgehead atoms. The van der Waals surface area contributed by atoms with E-state index in [9.17, 15) is 19.3 Å². The quantitative estimate of drug-likeness (QED) is 0.631. The van der Waals surface area contributed by atoms with Crippen molar-refractivity contribution in [1.29, 1.82) is 0 Å². The van der Waals surface area contributed by atoms with Crippen molar-refractivity contribution in [1.82, 2.24) is 4.90 Å². The second-order valence-corrected chi connectivity index (χ2v) is 5.07. The molecule has 1 aliphatic rings. The normalized spacial score (nSPS) is 16.2. The Hall–Kier alpha value is -1.98. The summed E-state index contributed by atoms with van der Waals surface area (Å²) in [7, 11) is 0. The van der Waals surface area contributed by atoms with Crippen LogP contribution in [0.2, 0.25) is 0 Å². The highest BCUT2D eigenvalue weighted by Gasteiger charge is 2.24. The topological polar surface area (TPSA) is 63.5 Å². The van der Waals surface area contributed by atoms with Crippen molar-refractivity contribution >= 4 is 11.6 Å². The molecule has 20 heavy (non-hydrogen) atoms. The van der Waals surface area contributed by atoms with E-state index in [1.54, 1.807) is 4.90 Å². The van der Waals surface area contributed by atoms with Crippen LogP contribution in [0.3, 0.4) is 0 Å². The van der Waals surface area contributed by atoms with E-state index in [1.165, 1.54) is 6.07 Å². The van der Waals surface area contributed by atoms with Gasteiger partial charge in [0.05, 0.1) is 4.92 Å². The lowest BCUT2D eigenvalue weighted by molar-refractivity contribution is -0.387. The third-order valence-electron chi connectivity index (χ3n) is 3.87. The van der Waals surface area contributed by atoms with Gasteiger partial charge in [-0.25, -0.2) is 0 Å². The number of likely N-dealkylation sites (tertiary alicyclic amines) is 1. The highest BCUT2D eigenvalue weighted by Crippen LogP contribution is 2.23. The standard InChI is InChI=1S/C14H17FN2O3/c1-2-10-5-7-16(8-6-10)14(18)11-3-4-13(17(19)20)12(15)9-11/h3-4,9-10H,2,5-8H2,1H3. The zero-order valence-corrected chi connectivity index (χ0v) is 11.3.